The lowest BCUT2D eigenvalue weighted by atomic mass is 10.3. The van der Waals surface area contributed by atoms with Gasteiger partial charge in [0.1, 0.15) is 5.15 Å². The molecule has 3 aromatic rings. The van der Waals surface area contributed by atoms with E-state index in [2.05, 4.69) is 9.97 Å². The van der Waals surface area contributed by atoms with Crippen LogP contribution in [0.25, 0.3) is 11.1 Å². The van der Waals surface area contributed by atoms with E-state index in [0.29, 0.717) is 23.0 Å². The SMILES string of the molecule is O=c1oc2ccccc2n1Cc1cnc(Cl)cn1. The molecule has 0 spiro atoms. The summed E-state index contributed by atoms with van der Waals surface area (Å²) in [5.74, 6) is -0.409. The van der Waals surface area contributed by atoms with Crippen molar-refractivity contribution >= 4 is 22.7 Å². The zero-order chi connectivity index (χ0) is 12.5. The van der Waals surface area contributed by atoms with Crippen molar-refractivity contribution in [2.24, 2.45) is 0 Å². The zero-order valence-corrected chi connectivity index (χ0v) is 9.96. The summed E-state index contributed by atoms with van der Waals surface area (Å²) in [5, 5.41) is 0.322. The Hall–Kier alpha value is -2.14. The van der Waals surface area contributed by atoms with E-state index < -0.39 is 5.76 Å². The van der Waals surface area contributed by atoms with E-state index >= 15 is 0 Å². The molecule has 5 nitrogen and oxygen atoms in total. The molecule has 1 aromatic carbocycles. The molecule has 0 saturated heterocycles. The average Bonchev–Trinajstić information content (AvgIpc) is 2.69. The van der Waals surface area contributed by atoms with Gasteiger partial charge in [0.2, 0.25) is 0 Å². The van der Waals surface area contributed by atoms with Crippen molar-refractivity contribution in [2.45, 2.75) is 6.54 Å². The standard InChI is InChI=1S/C12H8ClN3O2/c13-11-6-14-8(5-15-11)7-16-9-3-1-2-4-10(9)18-12(16)17/h1-6H,7H2. The third-order valence-electron chi connectivity index (χ3n) is 2.57. The van der Waals surface area contributed by atoms with Gasteiger partial charge in [0, 0.05) is 0 Å². The molecule has 0 radical (unpaired) electrons. The lowest BCUT2D eigenvalue weighted by molar-refractivity contribution is 0.516. The predicted octanol–water partition coefficient (Wildman–Crippen LogP) is 2.09. The summed E-state index contributed by atoms with van der Waals surface area (Å²) in [4.78, 5) is 19.8. The molecule has 0 atom stereocenters. The number of para-hydroxylation sites is 2. The number of halogens is 1. The number of nitrogens with zero attached hydrogens (tertiary/aromatic N) is 3. The van der Waals surface area contributed by atoms with Gasteiger partial charge >= 0.3 is 5.76 Å². The van der Waals surface area contributed by atoms with Crippen LogP contribution in [0.1, 0.15) is 5.69 Å². The first-order chi connectivity index (χ1) is 8.74. The van der Waals surface area contributed by atoms with Crippen LogP contribution in [0.5, 0.6) is 0 Å². The van der Waals surface area contributed by atoms with Gasteiger partial charge in [0.25, 0.3) is 0 Å². The molecule has 3 rings (SSSR count). The molecule has 2 heterocycles. The highest BCUT2D eigenvalue weighted by molar-refractivity contribution is 6.29. The van der Waals surface area contributed by atoms with E-state index in [1.807, 2.05) is 18.2 Å². The number of fused-ring (bicyclic) bond motifs is 1. The quantitative estimate of drug-likeness (QED) is 0.709. The first-order valence-electron chi connectivity index (χ1n) is 5.29. The van der Waals surface area contributed by atoms with Crippen LogP contribution in [0.4, 0.5) is 0 Å². The van der Waals surface area contributed by atoms with Gasteiger partial charge in [-0.2, -0.15) is 0 Å². The summed E-state index contributed by atoms with van der Waals surface area (Å²) in [6.45, 7) is 0.306. The van der Waals surface area contributed by atoms with Crippen molar-refractivity contribution in [1.29, 1.82) is 0 Å². The van der Waals surface area contributed by atoms with Crippen LogP contribution in [-0.4, -0.2) is 14.5 Å². The Kier molecular flexibility index (Phi) is 2.60. The lowest BCUT2D eigenvalue weighted by Gasteiger charge is -2.01. The predicted molar refractivity (Wildman–Crippen MR) is 66.6 cm³/mol. The smallest absolute Gasteiger partial charge is 0.408 e. The second-order valence-electron chi connectivity index (χ2n) is 3.75. The molecule has 0 aliphatic carbocycles. The molecule has 0 aliphatic heterocycles. The summed E-state index contributed by atoms with van der Waals surface area (Å²) in [7, 11) is 0. The molecule has 2 aromatic heterocycles. The van der Waals surface area contributed by atoms with Gasteiger partial charge in [0.05, 0.1) is 30.1 Å². The van der Waals surface area contributed by atoms with Crippen molar-refractivity contribution in [3.63, 3.8) is 0 Å². The molecule has 0 N–H and O–H groups in total. The lowest BCUT2D eigenvalue weighted by Crippen LogP contribution is -2.15. The molecule has 0 aliphatic rings. The fourth-order valence-electron chi connectivity index (χ4n) is 1.75. The maximum atomic E-state index is 11.7. The van der Waals surface area contributed by atoms with Crippen LogP contribution < -0.4 is 5.76 Å². The van der Waals surface area contributed by atoms with Crippen LogP contribution >= 0.6 is 11.6 Å². The molecule has 18 heavy (non-hydrogen) atoms. The van der Waals surface area contributed by atoms with Gasteiger partial charge in [-0.3, -0.25) is 9.55 Å². The first-order valence-corrected chi connectivity index (χ1v) is 5.66. The summed E-state index contributed by atoms with van der Waals surface area (Å²) in [6.07, 6.45) is 2.99. The summed E-state index contributed by atoms with van der Waals surface area (Å²) < 4.78 is 6.64. The third-order valence-corrected chi connectivity index (χ3v) is 2.76. The molecule has 0 amide bonds. The monoisotopic (exact) mass is 261 g/mol. The molecular formula is C12H8ClN3O2. The van der Waals surface area contributed by atoms with Crippen LogP contribution in [0.2, 0.25) is 5.15 Å². The van der Waals surface area contributed by atoms with Gasteiger partial charge in [-0.25, -0.2) is 9.78 Å². The van der Waals surface area contributed by atoms with Crippen molar-refractivity contribution < 1.29 is 4.42 Å². The van der Waals surface area contributed by atoms with E-state index in [-0.39, 0.29) is 0 Å². The van der Waals surface area contributed by atoms with Crippen molar-refractivity contribution in [3.05, 3.63) is 58.1 Å². The fraction of sp³-hybridized carbons (Fsp3) is 0.0833. The van der Waals surface area contributed by atoms with E-state index in [1.165, 1.54) is 17.0 Å². The van der Waals surface area contributed by atoms with E-state index in [1.54, 1.807) is 6.07 Å². The summed E-state index contributed by atoms with van der Waals surface area (Å²) >= 11 is 5.66. The number of rotatable bonds is 2. The highest BCUT2D eigenvalue weighted by Crippen LogP contribution is 2.13. The molecule has 0 unspecified atom stereocenters. The largest absolute Gasteiger partial charge is 0.420 e. The number of hydrogen-bond acceptors (Lipinski definition) is 4. The number of hydrogen-bond donors (Lipinski definition) is 0. The van der Waals surface area contributed by atoms with E-state index in [4.69, 9.17) is 16.0 Å². The Morgan fingerprint density at radius 3 is 2.83 bits per heavy atom. The second kappa shape index (κ2) is 4.27. The topological polar surface area (TPSA) is 60.9 Å². The van der Waals surface area contributed by atoms with Crippen molar-refractivity contribution in [3.8, 4) is 0 Å². The second-order valence-corrected chi connectivity index (χ2v) is 4.14. The third kappa shape index (κ3) is 1.89. The van der Waals surface area contributed by atoms with Gasteiger partial charge in [-0.05, 0) is 12.1 Å². The van der Waals surface area contributed by atoms with Crippen LogP contribution in [-0.2, 0) is 6.54 Å². The number of aromatic nitrogens is 3. The minimum absolute atomic E-state index is 0.306. The molecular weight excluding hydrogens is 254 g/mol. The Balaban J connectivity index is 2.07. The van der Waals surface area contributed by atoms with Crippen LogP contribution in [0.3, 0.4) is 0 Å². The highest BCUT2D eigenvalue weighted by atomic mass is 35.5. The zero-order valence-electron chi connectivity index (χ0n) is 9.21. The normalized spacial score (nSPS) is 10.9. The fourth-order valence-corrected chi connectivity index (χ4v) is 1.84. The molecule has 0 bridgehead atoms. The van der Waals surface area contributed by atoms with Crippen LogP contribution in [0.15, 0.2) is 45.9 Å². The van der Waals surface area contributed by atoms with Crippen molar-refractivity contribution in [2.75, 3.05) is 0 Å². The minimum Gasteiger partial charge on any atom is -0.408 e. The van der Waals surface area contributed by atoms with Gasteiger partial charge in [-0.15, -0.1) is 0 Å². The average molecular weight is 262 g/mol. The van der Waals surface area contributed by atoms with Gasteiger partial charge in [0.15, 0.2) is 5.58 Å². The maximum absolute atomic E-state index is 11.7. The van der Waals surface area contributed by atoms with E-state index in [9.17, 15) is 4.79 Å². The molecule has 0 fully saturated rings. The van der Waals surface area contributed by atoms with Gasteiger partial charge in [-0.1, -0.05) is 23.7 Å². The minimum atomic E-state index is -0.409. The van der Waals surface area contributed by atoms with E-state index in [0.717, 1.165) is 5.52 Å². The molecule has 90 valence electrons. The summed E-state index contributed by atoms with van der Waals surface area (Å²) in [6, 6.07) is 7.24. The Morgan fingerprint density at radius 1 is 1.22 bits per heavy atom. The number of oxazole rings is 1. The molecule has 0 saturated carbocycles. The maximum Gasteiger partial charge on any atom is 0.420 e. The highest BCUT2D eigenvalue weighted by Gasteiger charge is 2.09. The summed E-state index contributed by atoms with van der Waals surface area (Å²) in [5.41, 5.74) is 1.94. The Bertz CT molecular complexity index is 746. The number of benzene rings is 1. The Morgan fingerprint density at radius 2 is 2.06 bits per heavy atom. The van der Waals surface area contributed by atoms with Crippen molar-refractivity contribution in [1.82, 2.24) is 14.5 Å². The molecule has 6 heteroatoms. The Labute approximate surface area is 107 Å². The van der Waals surface area contributed by atoms with Gasteiger partial charge < -0.3 is 4.42 Å². The van der Waals surface area contributed by atoms with Crippen LogP contribution in [0, 0.1) is 0 Å². The first kappa shape index (κ1) is 11.0.